The number of hydrogen-bond donors (Lipinski definition) is 2. The largest absolute Gasteiger partial charge is 0.455 e. The summed E-state index contributed by atoms with van der Waals surface area (Å²) >= 11 is 0. The van der Waals surface area contributed by atoms with Gasteiger partial charge in [0.05, 0.1) is 35.7 Å². The summed E-state index contributed by atoms with van der Waals surface area (Å²) in [6, 6.07) is 4.24. The van der Waals surface area contributed by atoms with Crippen LogP contribution in [0.15, 0.2) is 30.6 Å². The number of halogens is 1. The molecule has 0 aromatic carbocycles. The van der Waals surface area contributed by atoms with Crippen molar-refractivity contribution < 1.29 is 47.6 Å². The molecule has 1 amide bonds. The number of carbonyl (C=O) groups excluding carboxylic acids is 3. The average Bonchev–Trinajstić information content (AvgIpc) is 3.78. The van der Waals surface area contributed by atoms with Crippen LogP contribution < -0.4 is 5.32 Å². The second kappa shape index (κ2) is 24.8. The first kappa shape index (κ1) is 60.4. The minimum Gasteiger partial charge on any atom is -0.455 e. The second-order valence-electron chi connectivity index (χ2n) is 17.6. The first-order valence-corrected chi connectivity index (χ1v) is 21.0. The lowest BCUT2D eigenvalue weighted by molar-refractivity contribution is -0.295. The third kappa shape index (κ3) is 12.8. The quantitative estimate of drug-likeness (QED) is 0.130. The number of amides is 1. The maximum absolute atomic E-state index is 16.9. The molecular formula is C47H86FN7O9. The number of Topliss-reactive ketones (excluding diaryl/α,β-unsaturated/α-hetero) is 1. The van der Waals surface area contributed by atoms with E-state index in [4.69, 9.17) is 23.7 Å². The number of aryl methyl sites for hydroxylation is 1. The van der Waals surface area contributed by atoms with E-state index in [-0.39, 0.29) is 61.6 Å². The topological polar surface area (TPSA) is 180 Å². The number of unbranched alkanes of at least 4 members (excludes halogenated alkanes) is 1. The highest BCUT2D eigenvalue weighted by Crippen LogP contribution is 2.41. The van der Waals surface area contributed by atoms with Crippen LogP contribution in [0.1, 0.15) is 125 Å². The van der Waals surface area contributed by atoms with Crippen LogP contribution >= 0.6 is 0 Å². The van der Waals surface area contributed by atoms with Crippen molar-refractivity contribution in [2.45, 2.75) is 197 Å². The normalized spacial score (nSPS) is 34.8. The number of pyridine rings is 1. The monoisotopic (exact) mass is 912 g/mol. The molecule has 0 radical (unpaired) electrons. The molecule has 13 atom stereocenters. The Morgan fingerprint density at radius 2 is 1.66 bits per heavy atom. The lowest BCUT2D eigenvalue weighted by atomic mass is 9.78. The number of esters is 1. The van der Waals surface area contributed by atoms with Crippen molar-refractivity contribution in [3.8, 4) is 11.4 Å². The van der Waals surface area contributed by atoms with E-state index in [2.05, 4.69) is 20.6 Å². The second-order valence-corrected chi connectivity index (χ2v) is 17.6. The average molecular weight is 912 g/mol. The van der Waals surface area contributed by atoms with E-state index < -0.39 is 77.3 Å². The van der Waals surface area contributed by atoms with Gasteiger partial charge in [-0.1, -0.05) is 69.2 Å². The first-order chi connectivity index (χ1) is 27.8. The Bertz CT molecular complexity index is 1740. The highest BCUT2D eigenvalue weighted by atomic mass is 19.1. The number of likely N-dealkylation sites (N-methyl/N-ethyl adjacent to an activating group) is 1. The van der Waals surface area contributed by atoms with Crippen LogP contribution in [0.4, 0.5) is 9.18 Å². The zero-order valence-corrected chi connectivity index (χ0v) is 36.6. The molecule has 3 saturated heterocycles. The number of rotatable bonds is 11. The lowest BCUT2D eigenvalue weighted by Gasteiger charge is -2.47. The van der Waals surface area contributed by atoms with Crippen molar-refractivity contribution in [3.63, 3.8) is 0 Å². The first-order valence-electron chi connectivity index (χ1n) is 21.0. The molecule has 2 aromatic heterocycles. The van der Waals surface area contributed by atoms with E-state index in [1.165, 1.54) is 14.0 Å². The Labute approximate surface area is 384 Å². The Balaban J connectivity index is 0.00000794. The summed E-state index contributed by atoms with van der Waals surface area (Å²) in [7, 11) is 5.20. The Kier molecular flexibility index (Phi) is 23.4. The predicted molar refractivity (Wildman–Crippen MR) is 249 cm³/mol. The van der Waals surface area contributed by atoms with Gasteiger partial charge in [-0.15, -0.1) is 5.10 Å². The molecule has 3 aliphatic heterocycles. The molecule has 0 saturated carbocycles. The number of nitrogens with one attached hydrogen (secondary N) is 1. The SMILES string of the molecule is C.C.C.C.C.CC[C@H]1OC(=O)C(C)(F)C(=O)[C@H](C)[C@@H](O[C@@H]2OC(C)CC(N(C)C)C2O)[C@](C)(OC)C[C@@H](C)CN[C@H](C)[C@H]2N(CCCCn3cc(-c4ccccn4)nn3)C(=O)O[C@]12C. The fourth-order valence-corrected chi connectivity index (χ4v) is 9.26. The number of cyclic esters (lactones) is 1. The number of methoxy groups -OCH3 is 1. The van der Waals surface area contributed by atoms with Gasteiger partial charge < -0.3 is 39.0 Å². The van der Waals surface area contributed by atoms with Gasteiger partial charge in [0.1, 0.15) is 17.9 Å². The van der Waals surface area contributed by atoms with Gasteiger partial charge in [-0.3, -0.25) is 19.4 Å². The minimum absolute atomic E-state index is 0. The third-order valence-corrected chi connectivity index (χ3v) is 12.6. The molecule has 3 fully saturated rings. The van der Waals surface area contributed by atoms with Gasteiger partial charge >= 0.3 is 12.1 Å². The van der Waals surface area contributed by atoms with Gasteiger partial charge in [0.15, 0.2) is 17.7 Å². The van der Waals surface area contributed by atoms with Crippen LogP contribution in [0.3, 0.4) is 0 Å². The maximum atomic E-state index is 16.9. The van der Waals surface area contributed by atoms with E-state index in [1.54, 1.807) is 36.5 Å². The van der Waals surface area contributed by atoms with Crippen molar-refractivity contribution in [2.75, 3.05) is 34.3 Å². The summed E-state index contributed by atoms with van der Waals surface area (Å²) in [4.78, 5) is 49.9. The van der Waals surface area contributed by atoms with Gasteiger partial charge in [-0.2, -0.15) is 0 Å². The highest BCUT2D eigenvalue weighted by molar-refractivity contribution is 6.07. The standard InChI is InChI=1S/C42H66FN7O9.5CH4/c1-12-32-42(8)34(50(39(54)59-42)20-16-15-19-49-24-30(46-47-49)29-17-13-14-18-44-29)28(5)45-23-25(2)22-40(6,55-11)36(27(4)35(52)41(7,43)38(53)57-32)58-37-33(51)31(48(9)10)21-26(3)56-37;;;;;/h13-14,17-18,24-28,31-34,36-37,45,51H,12,15-16,19-23H2,1-11H3;5*1H4/t25-,26?,27+,28-,31?,32-,33?,34-,36-,37+,40-,41?,42-;;;;;/m1...../s1. The molecule has 3 aliphatic rings. The fraction of sp³-hybridized carbons (Fsp3) is 0.787. The summed E-state index contributed by atoms with van der Waals surface area (Å²) in [6.07, 6.45) is 0.450. The molecule has 370 valence electrons. The Morgan fingerprint density at radius 1 is 1.00 bits per heavy atom. The Morgan fingerprint density at radius 3 is 2.25 bits per heavy atom. The van der Waals surface area contributed by atoms with Gasteiger partial charge in [-0.05, 0) is 105 Å². The molecule has 0 aliphatic carbocycles. The number of ketones is 1. The van der Waals surface area contributed by atoms with Gasteiger partial charge in [0, 0.05) is 44.4 Å². The number of hydrogen-bond acceptors (Lipinski definition) is 14. The van der Waals surface area contributed by atoms with E-state index in [9.17, 15) is 19.5 Å². The van der Waals surface area contributed by atoms with E-state index >= 15 is 4.39 Å². The van der Waals surface area contributed by atoms with Gasteiger partial charge in [0.25, 0.3) is 5.67 Å². The number of alkyl halides is 1. The molecule has 4 unspecified atom stereocenters. The molecule has 5 rings (SSSR count). The summed E-state index contributed by atoms with van der Waals surface area (Å²) in [6.45, 7) is 14.8. The number of aromatic nitrogens is 4. The molecule has 0 bridgehead atoms. The zero-order valence-electron chi connectivity index (χ0n) is 36.6. The number of aliphatic hydroxyl groups excluding tert-OH is 1. The van der Waals surface area contributed by atoms with Crippen molar-refractivity contribution in [2.24, 2.45) is 11.8 Å². The number of aliphatic hydroxyl groups is 1. The minimum atomic E-state index is -3.13. The predicted octanol–water partition coefficient (Wildman–Crippen LogP) is 7.37. The molecular weight excluding hydrogens is 826 g/mol. The van der Waals surface area contributed by atoms with Crippen LogP contribution in [-0.2, 0) is 39.8 Å². The zero-order chi connectivity index (χ0) is 43.4. The fourth-order valence-electron chi connectivity index (χ4n) is 9.26. The van der Waals surface area contributed by atoms with Crippen LogP contribution in [0.2, 0.25) is 0 Å². The van der Waals surface area contributed by atoms with Crippen molar-refractivity contribution >= 4 is 17.8 Å². The molecule has 17 heteroatoms. The summed E-state index contributed by atoms with van der Waals surface area (Å²) in [5.41, 5.74) is -4.38. The lowest BCUT2D eigenvalue weighted by Crippen LogP contribution is -2.61. The van der Waals surface area contributed by atoms with E-state index in [0.29, 0.717) is 51.0 Å². The van der Waals surface area contributed by atoms with Gasteiger partial charge in [0.2, 0.25) is 0 Å². The number of carbonyl (C=O) groups is 3. The van der Waals surface area contributed by atoms with Crippen LogP contribution in [0.5, 0.6) is 0 Å². The molecule has 5 heterocycles. The molecule has 2 aromatic rings. The molecule has 0 spiro atoms. The van der Waals surface area contributed by atoms with E-state index in [0.717, 1.165) is 12.6 Å². The smallest absolute Gasteiger partial charge is 0.410 e. The Hall–Kier alpha value is -3.61. The van der Waals surface area contributed by atoms with E-state index in [1.807, 2.05) is 64.2 Å². The van der Waals surface area contributed by atoms with Crippen molar-refractivity contribution in [3.05, 3.63) is 30.6 Å². The number of nitrogens with zero attached hydrogens (tertiary/aromatic N) is 6. The highest BCUT2D eigenvalue weighted by Gasteiger charge is 2.60. The number of fused-ring (bicyclic) bond motifs is 1. The summed E-state index contributed by atoms with van der Waals surface area (Å²) in [5.74, 6) is -3.85. The van der Waals surface area contributed by atoms with Crippen molar-refractivity contribution in [1.29, 1.82) is 0 Å². The number of ether oxygens (including phenoxy) is 5. The molecule has 64 heavy (non-hydrogen) atoms. The van der Waals surface area contributed by atoms with Crippen LogP contribution in [0, 0.1) is 11.8 Å². The van der Waals surface area contributed by atoms with Crippen molar-refractivity contribution in [1.82, 2.24) is 35.1 Å². The molecule has 2 N–H and O–H groups in total. The van der Waals surface area contributed by atoms with Gasteiger partial charge in [-0.25, -0.2) is 14.0 Å². The molecule has 16 nitrogen and oxygen atoms in total. The van der Waals surface area contributed by atoms with Crippen LogP contribution in [-0.4, -0.2) is 153 Å². The maximum Gasteiger partial charge on any atom is 0.410 e. The summed E-state index contributed by atoms with van der Waals surface area (Å²) < 4.78 is 49.5. The third-order valence-electron chi connectivity index (χ3n) is 12.6. The summed E-state index contributed by atoms with van der Waals surface area (Å²) in [5, 5.41) is 23.5. The van der Waals surface area contributed by atoms with Crippen LogP contribution in [0.25, 0.3) is 11.4 Å².